The van der Waals surface area contributed by atoms with E-state index in [4.69, 9.17) is 0 Å². The number of hydrogen-bond acceptors (Lipinski definition) is 1. The van der Waals surface area contributed by atoms with E-state index in [0.29, 0.717) is 21.7 Å². The van der Waals surface area contributed by atoms with Gasteiger partial charge in [0.1, 0.15) is 5.78 Å². The van der Waals surface area contributed by atoms with Gasteiger partial charge in [-0.05, 0) is 111 Å². The topological polar surface area (TPSA) is 17.1 Å². The summed E-state index contributed by atoms with van der Waals surface area (Å²) in [7, 11) is 0. The third-order valence-corrected chi connectivity index (χ3v) is 10.2. The summed E-state index contributed by atoms with van der Waals surface area (Å²) in [6.07, 6.45) is 15.8. The lowest BCUT2D eigenvalue weighted by molar-refractivity contribution is -0.200. The first-order valence-electron chi connectivity index (χ1n) is 11.5. The minimum atomic E-state index is 0.0569. The van der Waals surface area contributed by atoms with Crippen LogP contribution in [0.5, 0.6) is 0 Å². The molecule has 4 atom stereocenters. The summed E-state index contributed by atoms with van der Waals surface area (Å²) >= 11 is 0. The number of hydrogen-bond donors (Lipinski definition) is 0. The van der Waals surface area contributed by atoms with E-state index in [9.17, 15) is 4.79 Å². The van der Waals surface area contributed by atoms with Crippen LogP contribution in [0.1, 0.15) is 105 Å². The molecule has 0 amide bonds. The van der Waals surface area contributed by atoms with Crippen LogP contribution < -0.4 is 0 Å². The van der Waals surface area contributed by atoms with Crippen molar-refractivity contribution in [3.05, 3.63) is 0 Å². The number of Topliss-reactive ketones (excluding diaryl/α,β-unsaturated/α-hetero) is 1. The van der Waals surface area contributed by atoms with E-state index in [1.165, 1.54) is 77.0 Å². The molecule has 0 aromatic heterocycles. The van der Waals surface area contributed by atoms with Gasteiger partial charge in [0.15, 0.2) is 0 Å². The fourth-order valence-corrected chi connectivity index (χ4v) is 12.0. The van der Waals surface area contributed by atoms with Gasteiger partial charge in [0.05, 0.1) is 0 Å². The highest BCUT2D eigenvalue weighted by molar-refractivity contribution is 5.91. The highest BCUT2D eigenvalue weighted by atomic mass is 16.1. The Balaban J connectivity index is 1.42. The summed E-state index contributed by atoms with van der Waals surface area (Å²) in [6.45, 7) is 10.1. The maximum absolute atomic E-state index is 14.5. The monoisotopic (exact) mass is 354 g/mol. The molecule has 0 aromatic carbocycles. The van der Waals surface area contributed by atoms with E-state index in [-0.39, 0.29) is 10.8 Å². The van der Waals surface area contributed by atoms with Crippen LogP contribution in [0.4, 0.5) is 0 Å². The maximum atomic E-state index is 14.5. The molecule has 1 nitrogen and oxygen atoms in total. The van der Waals surface area contributed by atoms with Crippen LogP contribution in [0.2, 0.25) is 0 Å². The summed E-state index contributed by atoms with van der Waals surface area (Å²) in [5.41, 5.74) is 1.95. The Bertz CT molecular complexity index is 609. The van der Waals surface area contributed by atoms with Crippen LogP contribution in [0, 0.1) is 44.3 Å². The second-order valence-electron chi connectivity index (χ2n) is 14.1. The van der Waals surface area contributed by atoms with Gasteiger partial charge >= 0.3 is 0 Å². The molecule has 8 saturated carbocycles. The van der Waals surface area contributed by atoms with Gasteiger partial charge in [0.25, 0.3) is 0 Å². The van der Waals surface area contributed by atoms with Crippen molar-refractivity contribution < 1.29 is 4.79 Å². The van der Waals surface area contributed by atoms with E-state index in [2.05, 4.69) is 27.7 Å². The van der Waals surface area contributed by atoms with Crippen LogP contribution in [-0.4, -0.2) is 5.78 Å². The second-order valence-corrected chi connectivity index (χ2v) is 14.1. The molecule has 144 valence electrons. The van der Waals surface area contributed by atoms with Crippen molar-refractivity contribution in [3.63, 3.8) is 0 Å². The first kappa shape index (κ1) is 16.6. The van der Waals surface area contributed by atoms with E-state index in [1.807, 2.05) is 0 Å². The smallest absolute Gasteiger partial charge is 0.145 e. The molecular weight excluding hydrogens is 316 g/mol. The summed E-state index contributed by atoms with van der Waals surface area (Å²) in [5, 5.41) is 0. The molecule has 0 heterocycles. The molecule has 0 spiro atoms. The van der Waals surface area contributed by atoms with Crippen LogP contribution in [0.25, 0.3) is 0 Å². The Labute approximate surface area is 160 Å². The number of ketones is 1. The van der Waals surface area contributed by atoms with Gasteiger partial charge in [-0.2, -0.15) is 0 Å². The van der Waals surface area contributed by atoms with Crippen molar-refractivity contribution in [2.75, 3.05) is 0 Å². The predicted molar refractivity (Wildman–Crippen MR) is 105 cm³/mol. The summed E-state index contributed by atoms with van der Waals surface area (Å²) in [4.78, 5) is 14.5. The Hall–Kier alpha value is -0.330. The molecule has 1 heteroatoms. The average Bonchev–Trinajstić information content (AvgIpc) is 2.38. The lowest BCUT2D eigenvalue weighted by Crippen LogP contribution is -2.64. The van der Waals surface area contributed by atoms with Crippen molar-refractivity contribution in [3.8, 4) is 0 Å². The van der Waals surface area contributed by atoms with Gasteiger partial charge in [-0.15, -0.1) is 0 Å². The molecule has 0 radical (unpaired) electrons. The van der Waals surface area contributed by atoms with E-state index < -0.39 is 0 Å². The van der Waals surface area contributed by atoms with Gasteiger partial charge < -0.3 is 0 Å². The van der Waals surface area contributed by atoms with Gasteiger partial charge in [-0.1, -0.05) is 27.7 Å². The summed E-state index contributed by atoms with van der Waals surface area (Å²) in [5.74, 6) is 2.46. The standard InChI is InChI=1S/C25H38O/c1-20-5-17-6-21(2,11-20)14-24(9-17,13-20)19(26)25-10-18-7-22(3,15-25)12-23(4,8-18)16-25/h17-18H,5-16H2,1-4H3. The van der Waals surface area contributed by atoms with Gasteiger partial charge in [-0.25, -0.2) is 0 Å². The van der Waals surface area contributed by atoms with E-state index in [1.54, 1.807) is 0 Å². The molecular formula is C25H38O. The van der Waals surface area contributed by atoms with E-state index in [0.717, 1.165) is 17.6 Å². The summed E-state index contributed by atoms with van der Waals surface area (Å²) in [6, 6.07) is 0. The van der Waals surface area contributed by atoms with Crippen LogP contribution in [0.15, 0.2) is 0 Å². The van der Waals surface area contributed by atoms with Gasteiger partial charge in [-0.3, -0.25) is 4.79 Å². The second kappa shape index (κ2) is 4.30. The zero-order valence-electron chi connectivity index (χ0n) is 17.5. The Morgan fingerprint density at radius 1 is 0.538 bits per heavy atom. The Morgan fingerprint density at radius 3 is 1.12 bits per heavy atom. The third kappa shape index (κ3) is 2.02. The Morgan fingerprint density at radius 2 is 0.846 bits per heavy atom. The van der Waals surface area contributed by atoms with Crippen LogP contribution in [-0.2, 0) is 4.79 Å². The van der Waals surface area contributed by atoms with E-state index >= 15 is 0 Å². The van der Waals surface area contributed by atoms with Crippen molar-refractivity contribution in [2.45, 2.75) is 105 Å². The average molecular weight is 355 g/mol. The van der Waals surface area contributed by atoms with Crippen molar-refractivity contribution in [1.82, 2.24) is 0 Å². The molecule has 0 N–H and O–H groups in total. The normalized spacial score (nSPS) is 64.9. The zero-order chi connectivity index (χ0) is 18.2. The number of carbonyl (C=O) groups is 1. The Kier molecular flexibility index (Phi) is 2.75. The molecule has 8 aliphatic rings. The van der Waals surface area contributed by atoms with Crippen molar-refractivity contribution >= 4 is 5.78 Å². The molecule has 26 heavy (non-hydrogen) atoms. The van der Waals surface area contributed by atoms with Crippen LogP contribution in [0.3, 0.4) is 0 Å². The molecule has 0 saturated heterocycles. The fraction of sp³-hybridized carbons (Fsp3) is 0.960. The SMILES string of the molecule is CC12CC3CC(C)(C1)CC(C(=O)C14CC5CC(C)(CC(C)(C5)C1)C4)(C3)C2. The van der Waals surface area contributed by atoms with Gasteiger partial charge in [0.2, 0.25) is 0 Å². The summed E-state index contributed by atoms with van der Waals surface area (Å²) < 4.78 is 0. The highest BCUT2D eigenvalue weighted by Crippen LogP contribution is 2.75. The van der Waals surface area contributed by atoms with Crippen molar-refractivity contribution in [2.24, 2.45) is 44.3 Å². The van der Waals surface area contributed by atoms with Crippen molar-refractivity contribution in [1.29, 1.82) is 0 Å². The maximum Gasteiger partial charge on any atom is 0.145 e. The first-order valence-corrected chi connectivity index (χ1v) is 11.5. The predicted octanol–water partition coefficient (Wildman–Crippen LogP) is 6.55. The quantitative estimate of drug-likeness (QED) is 0.549. The molecule has 4 unspecified atom stereocenters. The lowest BCUT2D eigenvalue weighted by Gasteiger charge is -2.69. The van der Waals surface area contributed by atoms with Gasteiger partial charge in [0, 0.05) is 10.8 Å². The number of carbonyl (C=O) groups excluding carboxylic acids is 1. The highest BCUT2D eigenvalue weighted by Gasteiger charge is 2.69. The fourth-order valence-electron chi connectivity index (χ4n) is 12.0. The minimum absolute atomic E-state index is 0.0569. The first-order chi connectivity index (χ1) is 12.0. The largest absolute Gasteiger partial charge is 0.298 e. The van der Waals surface area contributed by atoms with Crippen LogP contribution >= 0.6 is 0 Å². The lowest BCUT2D eigenvalue weighted by atomic mass is 9.34. The number of rotatable bonds is 2. The molecule has 8 rings (SSSR count). The molecule has 8 aliphatic carbocycles. The third-order valence-electron chi connectivity index (χ3n) is 10.2. The minimum Gasteiger partial charge on any atom is -0.298 e. The molecule has 0 aliphatic heterocycles. The molecule has 0 aromatic rings. The molecule has 8 fully saturated rings. The zero-order valence-corrected chi connectivity index (χ0v) is 17.5. The molecule has 8 bridgehead atoms.